The lowest BCUT2D eigenvalue weighted by atomic mass is 9.96. The normalized spacial score (nSPS) is 16.8. The minimum atomic E-state index is 0.516. The zero-order valence-corrected chi connectivity index (χ0v) is 13.2. The molecule has 1 aromatic rings. The highest BCUT2D eigenvalue weighted by Gasteiger charge is 2.13. The van der Waals surface area contributed by atoms with Gasteiger partial charge in [-0.15, -0.1) is 0 Å². The van der Waals surface area contributed by atoms with Gasteiger partial charge in [-0.25, -0.2) is 0 Å². The zero-order chi connectivity index (χ0) is 15.1. The van der Waals surface area contributed by atoms with Gasteiger partial charge >= 0.3 is 0 Å². The van der Waals surface area contributed by atoms with E-state index in [1.807, 2.05) is 6.92 Å². The van der Waals surface area contributed by atoms with Crippen LogP contribution in [-0.2, 0) is 6.42 Å². The molecule has 0 unspecified atom stereocenters. The van der Waals surface area contributed by atoms with Crippen molar-refractivity contribution in [3.63, 3.8) is 0 Å². The topological polar surface area (TPSA) is 59.6 Å². The predicted molar refractivity (Wildman–Crippen MR) is 87.9 cm³/mol. The van der Waals surface area contributed by atoms with Crippen LogP contribution < -0.4 is 15.8 Å². The first kappa shape index (κ1) is 15.7. The summed E-state index contributed by atoms with van der Waals surface area (Å²) in [4.78, 5) is 4.43. The van der Waals surface area contributed by atoms with Gasteiger partial charge in [0.1, 0.15) is 5.75 Å². The summed E-state index contributed by atoms with van der Waals surface area (Å²) in [6, 6.07) is 6.80. The summed E-state index contributed by atoms with van der Waals surface area (Å²) in [5, 5.41) is 3.34. The molecule has 3 N–H and O–H groups in total. The third-order valence-electron chi connectivity index (χ3n) is 4.11. The van der Waals surface area contributed by atoms with Gasteiger partial charge in [-0.05, 0) is 43.4 Å². The smallest absolute Gasteiger partial charge is 0.188 e. The van der Waals surface area contributed by atoms with E-state index in [0.29, 0.717) is 18.5 Å². The van der Waals surface area contributed by atoms with Gasteiger partial charge in [-0.2, -0.15) is 0 Å². The van der Waals surface area contributed by atoms with Crippen molar-refractivity contribution in [1.82, 2.24) is 5.32 Å². The van der Waals surface area contributed by atoms with Gasteiger partial charge in [0, 0.05) is 12.6 Å². The number of aliphatic imine (C=N–C) groups is 1. The second kappa shape index (κ2) is 7.91. The van der Waals surface area contributed by atoms with Crippen molar-refractivity contribution >= 4 is 5.96 Å². The molecule has 0 amide bonds. The van der Waals surface area contributed by atoms with Crippen LogP contribution in [0, 0.1) is 6.92 Å². The Morgan fingerprint density at radius 3 is 2.81 bits per heavy atom. The van der Waals surface area contributed by atoms with Crippen LogP contribution in [0.1, 0.15) is 43.2 Å². The van der Waals surface area contributed by atoms with Gasteiger partial charge in [-0.1, -0.05) is 31.4 Å². The Bertz CT molecular complexity index is 479. The summed E-state index contributed by atoms with van der Waals surface area (Å²) in [7, 11) is 1.70. The zero-order valence-electron chi connectivity index (χ0n) is 13.2. The Hall–Kier alpha value is -1.71. The average Bonchev–Trinajstić information content (AvgIpc) is 2.50. The van der Waals surface area contributed by atoms with E-state index in [1.165, 1.54) is 37.7 Å². The minimum absolute atomic E-state index is 0.516. The fourth-order valence-electron chi connectivity index (χ4n) is 2.83. The number of nitrogens with zero attached hydrogens (tertiary/aromatic N) is 1. The molecule has 0 bridgehead atoms. The highest BCUT2D eigenvalue weighted by atomic mass is 16.5. The lowest BCUT2D eigenvalue weighted by Gasteiger charge is -2.23. The lowest BCUT2D eigenvalue weighted by Crippen LogP contribution is -2.41. The van der Waals surface area contributed by atoms with E-state index >= 15 is 0 Å². The van der Waals surface area contributed by atoms with Crippen LogP contribution in [0.25, 0.3) is 0 Å². The minimum Gasteiger partial charge on any atom is -0.496 e. The molecule has 0 saturated heterocycles. The van der Waals surface area contributed by atoms with Crippen LogP contribution in [0.2, 0.25) is 0 Å². The van der Waals surface area contributed by atoms with Crippen molar-refractivity contribution in [2.45, 2.75) is 51.5 Å². The fourth-order valence-corrected chi connectivity index (χ4v) is 2.83. The van der Waals surface area contributed by atoms with Crippen LogP contribution in [0.3, 0.4) is 0 Å². The maximum Gasteiger partial charge on any atom is 0.188 e. The molecule has 4 nitrogen and oxygen atoms in total. The number of hydrogen-bond acceptors (Lipinski definition) is 2. The molecule has 1 saturated carbocycles. The standard InChI is InChI=1S/C17H27N3O/c1-13-8-9-14(12-16(13)21-2)10-11-19-17(18)20-15-6-4-3-5-7-15/h8-9,12,15H,3-7,10-11H2,1-2H3,(H3,18,19,20). The number of nitrogens with two attached hydrogens (primary N) is 1. The van der Waals surface area contributed by atoms with Crippen molar-refractivity contribution in [3.05, 3.63) is 29.3 Å². The Balaban J connectivity index is 1.80. The second-order valence-electron chi connectivity index (χ2n) is 5.80. The molecular formula is C17H27N3O. The van der Waals surface area contributed by atoms with Crippen molar-refractivity contribution in [3.8, 4) is 5.75 Å². The quantitative estimate of drug-likeness (QED) is 0.647. The largest absolute Gasteiger partial charge is 0.496 e. The van der Waals surface area contributed by atoms with Gasteiger partial charge in [0.25, 0.3) is 0 Å². The number of guanidine groups is 1. The van der Waals surface area contributed by atoms with Crippen LogP contribution in [0.4, 0.5) is 0 Å². The van der Waals surface area contributed by atoms with E-state index < -0.39 is 0 Å². The third-order valence-corrected chi connectivity index (χ3v) is 4.11. The molecule has 0 radical (unpaired) electrons. The van der Waals surface area contributed by atoms with E-state index in [-0.39, 0.29) is 0 Å². The van der Waals surface area contributed by atoms with Crippen molar-refractivity contribution < 1.29 is 4.74 Å². The molecule has 1 aliphatic rings. The van der Waals surface area contributed by atoms with Gasteiger partial charge < -0.3 is 15.8 Å². The first-order chi connectivity index (χ1) is 10.2. The molecule has 0 heterocycles. The van der Waals surface area contributed by atoms with E-state index in [4.69, 9.17) is 10.5 Å². The van der Waals surface area contributed by atoms with E-state index in [9.17, 15) is 0 Å². The molecule has 4 heteroatoms. The molecular weight excluding hydrogens is 262 g/mol. The molecule has 2 rings (SSSR count). The second-order valence-corrected chi connectivity index (χ2v) is 5.80. The first-order valence-corrected chi connectivity index (χ1v) is 7.89. The number of ether oxygens (including phenoxy) is 1. The third kappa shape index (κ3) is 4.96. The summed E-state index contributed by atoms with van der Waals surface area (Å²) in [5.41, 5.74) is 8.35. The number of methoxy groups -OCH3 is 1. The SMILES string of the molecule is COc1cc(CCN=C(N)NC2CCCCC2)ccc1C. The van der Waals surface area contributed by atoms with Crippen LogP contribution >= 0.6 is 0 Å². The molecule has 1 aromatic carbocycles. The van der Waals surface area contributed by atoms with E-state index in [0.717, 1.165) is 17.7 Å². The maximum atomic E-state index is 5.96. The lowest BCUT2D eigenvalue weighted by molar-refractivity contribution is 0.411. The summed E-state index contributed by atoms with van der Waals surface area (Å²) in [6.07, 6.45) is 7.26. The highest BCUT2D eigenvalue weighted by Crippen LogP contribution is 2.19. The van der Waals surface area contributed by atoms with Crippen molar-refractivity contribution in [2.75, 3.05) is 13.7 Å². The molecule has 0 atom stereocenters. The van der Waals surface area contributed by atoms with Gasteiger partial charge in [-0.3, -0.25) is 4.99 Å². The van der Waals surface area contributed by atoms with Crippen molar-refractivity contribution in [1.29, 1.82) is 0 Å². The Kier molecular flexibility index (Phi) is 5.90. The maximum absolute atomic E-state index is 5.96. The Morgan fingerprint density at radius 2 is 2.10 bits per heavy atom. The highest BCUT2D eigenvalue weighted by molar-refractivity contribution is 5.78. The fraction of sp³-hybridized carbons (Fsp3) is 0.588. The van der Waals surface area contributed by atoms with Gasteiger partial charge in [0.05, 0.1) is 7.11 Å². The molecule has 21 heavy (non-hydrogen) atoms. The Labute approximate surface area is 127 Å². The molecule has 0 aliphatic heterocycles. The summed E-state index contributed by atoms with van der Waals surface area (Å²) in [5.74, 6) is 1.52. The van der Waals surface area contributed by atoms with Crippen LogP contribution in [0.15, 0.2) is 23.2 Å². The first-order valence-electron chi connectivity index (χ1n) is 7.89. The van der Waals surface area contributed by atoms with Gasteiger partial charge in [0.2, 0.25) is 0 Å². The summed E-state index contributed by atoms with van der Waals surface area (Å²) < 4.78 is 5.34. The Morgan fingerprint density at radius 1 is 1.33 bits per heavy atom. The number of benzene rings is 1. The van der Waals surface area contributed by atoms with Gasteiger partial charge in [0.15, 0.2) is 5.96 Å². The molecule has 0 aromatic heterocycles. The number of nitrogens with one attached hydrogen (secondary N) is 1. The summed E-state index contributed by atoms with van der Waals surface area (Å²) in [6.45, 7) is 2.75. The predicted octanol–water partition coefficient (Wildman–Crippen LogP) is 2.78. The molecule has 0 spiro atoms. The molecule has 1 aliphatic carbocycles. The molecule has 116 valence electrons. The van der Waals surface area contributed by atoms with E-state index in [1.54, 1.807) is 7.11 Å². The van der Waals surface area contributed by atoms with Crippen LogP contribution in [0.5, 0.6) is 5.75 Å². The molecule has 1 fully saturated rings. The van der Waals surface area contributed by atoms with Crippen molar-refractivity contribution in [2.24, 2.45) is 10.7 Å². The van der Waals surface area contributed by atoms with E-state index in [2.05, 4.69) is 28.5 Å². The number of hydrogen-bond donors (Lipinski definition) is 2. The average molecular weight is 289 g/mol. The number of aryl methyl sites for hydroxylation is 1. The monoisotopic (exact) mass is 289 g/mol. The van der Waals surface area contributed by atoms with Crippen LogP contribution in [-0.4, -0.2) is 25.7 Å². The number of rotatable bonds is 5. The summed E-state index contributed by atoms with van der Waals surface area (Å²) >= 11 is 0.